The van der Waals surface area contributed by atoms with E-state index >= 15 is 0 Å². The number of Topliss-reactive ketones (excluding diaryl/α,β-unsaturated/α-hetero) is 1. The Balaban J connectivity index is 2.38. The number of hydrogen-bond acceptors (Lipinski definition) is 2. The predicted molar refractivity (Wildman–Crippen MR) is 125 cm³/mol. The van der Waals surface area contributed by atoms with Gasteiger partial charge in [0.1, 0.15) is 0 Å². The molecule has 2 aromatic rings. The van der Waals surface area contributed by atoms with E-state index < -0.39 is 6.04 Å². The summed E-state index contributed by atoms with van der Waals surface area (Å²) < 4.78 is 1.89. The highest BCUT2D eigenvalue weighted by Crippen LogP contribution is 2.22. The summed E-state index contributed by atoms with van der Waals surface area (Å²) in [6.07, 6.45) is 6.70. The topological polar surface area (TPSA) is 33.0 Å². The third kappa shape index (κ3) is 5.83. The van der Waals surface area contributed by atoms with Crippen LogP contribution in [0, 0.1) is 0 Å². The number of nitrogens with zero attached hydrogens (tertiary/aromatic N) is 1. The minimum absolute atomic E-state index is 0.0178. The smallest absolute Gasteiger partial charge is 0.270 e. The molecule has 0 amide bonds. The van der Waals surface area contributed by atoms with E-state index in [9.17, 15) is 4.79 Å². The minimum atomic E-state index is -0.589. The maximum absolute atomic E-state index is 13.4. The fourth-order valence-electron chi connectivity index (χ4n) is 3.14. The summed E-state index contributed by atoms with van der Waals surface area (Å²) in [6, 6.07) is 11.4. The van der Waals surface area contributed by atoms with Gasteiger partial charge in [-0.3, -0.25) is 4.79 Å². The Bertz CT molecular complexity index is 848. The maximum atomic E-state index is 13.4. The highest BCUT2D eigenvalue weighted by molar-refractivity contribution is 7.80. The number of hydrogen-bond donors (Lipinski definition) is 1. The van der Waals surface area contributed by atoms with Crippen molar-refractivity contribution in [1.29, 1.82) is 0 Å². The first-order chi connectivity index (χ1) is 13.7. The van der Waals surface area contributed by atoms with Gasteiger partial charge in [0.05, 0.1) is 0 Å². The SMILES string of the molecule is C=CCNC(=S)[C@H](C(=O)c1ccc([C@H](C)CC)cc1)[n+]1ccc(C(C)(C)C)cc1. The second kappa shape index (κ2) is 9.93. The van der Waals surface area contributed by atoms with Crippen LogP contribution in [0.15, 0.2) is 61.4 Å². The summed E-state index contributed by atoms with van der Waals surface area (Å²) in [4.78, 5) is 13.9. The van der Waals surface area contributed by atoms with Crippen LogP contribution >= 0.6 is 12.2 Å². The fourth-order valence-corrected chi connectivity index (χ4v) is 3.45. The average Bonchev–Trinajstić information content (AvgIpc) is 2.71. The monoisotopic (exact) mass is 409 g/mol. The average molecular weight is 410 g/mol. The zero-order valence-corrected chi connectivity index (χ0v) is 19.1. The molecule has 154 valence electrons. The van der Waals surface area contributed by atoms with E-state index in [1.54, 1.807) is 6.08 Å². The van der Waals surface area contributed by atoms with Gasteiger partial charge in [0.2, 0.25) is 5.78 Å². The van der Waals surface area contributed by atoms with Crippen LogP contribution < -0.4 is 9.88 Å². The highest BCUT2D eigenvalue weighted by Gasteiger charge is 2.33. The van der Waals surface area contributed by atoms with Gasteiger partial charge in [0.25, 0.3) is 6.04 Å². The van der Waals surface area contributed by atoms with E-state index in [0.29, 0.717) is 23.0 Å². The lowest BCUT2D eigenvalue weighted by molar-refractivity contribution is -0.692. The van der Waals surface area contributed by atoms with E-state index in [0.717, 1.165) is 6.42 Å². The molecule has 0 aliphatic carbocycles. The molecule has 0 spiro atoms. The Hall–Kier alpha value is -2.33. The number of benzene rings is 1. The number of thiocarbonyl (C=S) groups is 1. The lowest BCUT2D eigenvalue weighted by Gasteiger charge is -2.19. The molecular weight excluding hydrogens is 376 g/mol. The first-order valence-electron chi connectivity index (χ1n) is 10.2. The van der Waals surface area contributed by atoms with Crippen molar-refractivity contribution in [2.75, 3.05) is 6.54 Å². The molecule has 0 saturated heterocycles. The zero-order valence-electron chi connectivity index (χ0n) is 18.2. The van der Waals surface area contributed by atoms with Crippen LogP contribution in [0.2, 0.25) is 0 Å². The van der Waals surface area contributed by atoms with E-state index in [2.05, 4.69) is 58.6 Å². The summed E-state index contributed by atoms with van der Waals surface area (Å²) >= 11 is 5.59. The Morgan fingerprint density at radius 2 is 1.76 bits per heavy atom. The highest BCUT2D eigenvalue weighted by atomic mass is 32.1. The number of carbonyl (C=O) groups is 1. The summed E-state index contributed by atoms with van der Waals surface area (Å²) in [7, 11) is 0. The Morgan fingerprint density at radius 1 is 1.17 bits per heavy atom. The summed E-state index contributed by atoms with van der Waals surface area (Å²) in [6.45, 7) is 15.1. The molecule has 1 aromatic heterocycles. The van der Waals surface area contributed by atoms with Crippen LogP contribution in [0.5, 0.6) is 0 Å². The first-order valence-corrected chi connectivity index (χ1v) is 10.6. The van der Waals surface area contributed by atoms with Gasteiger partial charge in [-0.1, -0.05) is 77.2 Å². The fraction of sp³-hybridized carbons (Fsp3) is 0.400. The molecule has 1 aromatic carbocycles. The second-order valence-corrected chi connectivity index (χ2v) is 8.96. The first kappa shape index (κ1) is 23.0. The molecule has 0 aliphatic rings. The molecule has 3 nitrogen and oxygen atoms in total. The molecule has 0 saturated carbocycles. The van der Waals surface area contributed by atoms with E-state index in [4.69, 9.17) is 12.2 Å². The molecule has 29 heavy (non-hydrogen) atoms. The molecule has 2 rings (SSSR count). The molecule has 2 atom stereocenters. The molecule has 0 radical (unpaired) electrons. The Morgan fingerprint density at radius 3 is 2.24 bits per heavy atom. The second-order valence-electron chi connectivity index (χ2n) is 8.52. The van der Waals surface area contributed by atoms with Crippen molar-refractivity contribution < 1.29 is 9.36 Å². The number of pyridine rings is 1. The van der Waals surface area contributed by atoms with Crippen molar-refractivity contribution in [2.45, 2.75) is 58.4 Å². The Labute approximate surface area is 180 Å². The van der Waals surface area contributed by atoms with E-state index in [-0.39, 0.29) is 11.2 Å². The summed E-state index contributed by atoms with van der Waals surface area (Å²) in [5.41, 5.74) is 3.17. The third-order valence-corrected chi connectivity index (χ3v) is 5.68. The molecular formula is C25H33N2OS+. The number of aromatic nitrogens is 1. The van der Waals surface area contributed by atoms with Crippen molar-refractivity contribution >= 4 is 23.0 Å². The van der Waals surface area contributed by atoms with Gasteiger partial charge < -0.3 is 5.32 Å². The number of carbonyl (C=O) groups excluding carboxylic acids is 1. The largest absolute Gasteiger partial charge is 0.370 e. The molecule has 1 N–H and O–H groups in total. The predicted octanol–water partition coefficient (Wildman–Crippen LogP) is 5.31. The van der Waals surface area contributed by atoms with Crippen LogP contribution in [0.3, 0.4) is 0 Å². The number of ketones is 1. The maximum Gasteiger partial charge on any atom is 0.270 e. The van der Waals surface area contributed by atoms with Crippen molar-refractivity contribution in [3.63, 3.8) is 0 Å². The van der Waals surface area contributed by atoms with Crippen molar-refractivity contribution in [3.8, 4) is 0 Å². The third-order valence-electron chi connectivity index (χ3n) is 5.31. The van der Waals surface area contributed by atoms with Crippen LogP contribution in [0.4, 0.5) is 0 Å². The number of nitrogens with one attached hydrogen (secondary N) is 1. The summed E-state index contributed by atoms with van der Waals surface area (Å²) in [5.74, 6) is 0.459. The zero-order chi connectivity index (χ0) is 21.6. The molecule has 4 heteroatoms. The van der Waals surface area contributed by atoms with Gasteiger partial charge in [-0.15, -0.1) is 6.58 Å². The summed E-state index contributed by atoms with van der Waals surface area (Å²) in [5, 5.41) is 3.14. The van der Waals surface area contributed by atoms with Crippen LogP contribution in [-0.2, 0) is 5.41 Å². The molecule has 0 unspecified atom stereocenters. The molecule has 0 fully saturated rings. The lowest BCUT2D eigenvalue weighted by Crippen LogP contribution is -2.51. The molecule has 0 aliphatic heterocycles. The van der Waals surface area contributed by atoms with Gasteiger partial charge in [-0.05, 0) is 28.9 Å². The van der Waals surface area contributed by atoms with E-state index in [1.165, 1.54) is 11.1 Å². The van der Waals surface area contributed by atoms with Crippen LogP contribution in [-0.4, -0.2) is 17.3 Å². The van der Waals surface area contributed by atoms with Crippen LogP contribution in [0.25, 0.3) is 0 Å². The van der Waals surface area contributed by atoms with Gasteiger partial charge >= 0.3 is 0 Å². The van der Waals surface area contributed by atoms with E-state index in [1.807, 2.05) is 41.2 Å². The standard InChI is InChI=1S/C25H32N2OS/c1-7-15-26-24(29)22(27-16-13-21(14-17-27)25(4,5)6)23(28)20-11-9-19(10-12-20)18(3)8-2/h7,9-14,16-18,22H,1,8,15H2,2-6H3/p+1/t18-,22+/m1/s1. The van der Waals surface area contributed by atoms with Gasteiger partial charge in [0.15, 0.2) is 17.4 Å². The van der Waals surface area contributed by atoms with Crippen molar-refractivity contribution in [2.24, 2.45) is 0 Å². The normalized spacial score (nSPS) is 13.4. The van der Waals surface area contributed by atoms with Crippen molar-refractivity contribution in [1.82, 2.24) is 5.32 Å². The van der Waals surface area contributed by atoms with Gasteiger partial charge in [-0.25, -0.2) is 0 Å². The number of rotatable bonds is 8. The van der Waals surface area contributed by atoms with Crippen LogP contribution in [0.1, 0.15) is 74.5 Å². The molecule has 1 heterocycles. The quantitative estimate of drug-likeness (QED) is 0.277. The lowest BCUT2D eigenvalue weighted by atomic mass is 9.88. The van der Waals surface area contributed by atoms with Crippen molar-refractivity contribution in [3.05, 3.63) is 78.1 Å². The minimum Gasteiger partial charge on any atom is -0.370 e. The van der Waals surface area contributed by atoms with Gasteiger partial charge in [-0.2, -0.15) is 4.57 Å². The Kier molecular flexibility index (Phi) is 7.86. The molecule has 0 bridgehead atoms. The van der Waals surface area contributed by atoms with Gasteiger partial charge in [0, 0.05) is 24.2 Å².